The molecule has 1 aliphatic heterocycles. The smallest absolute Gasteiger partial charge is 0.419 e. The number of carboxylic acid groups (broad SMARTS) is 1. The average molecular weight is 587 g/mol. The molecule has 1 heterocycles. The number of alkyl halides is 3. The monoisotopic (exact) mass is 586 g/mol. The van der Waals surface area contributed by atoms with Gasteiger partial charge in [0.05, 0.1) is 16.5 Å². The lowest BCUT2D eigenvalue weighted by atomic mass is 9.98. The first-order valence-electron chi connectivity index (χ1n) is 12.4. The molecule has 2 aromatic rings. The zero-order valence-electron chi connectivity index (χ0n) is 20.6. The third-order valence-corrected chi connectivity index (χ3v) is 9.11. The number of nitrogens with zero attached hydrogens (tertiary/aromatic N) is 1. The van der Waals surface area contributed by atoms with Crippen molar-refractivity contribution in [1.29, 1.82) is 0 Å². The van der Waals surface area contributed by atoms with Gasteiger partial charge in [-0.3, -0.25) is 14.4 Å². The molecule has 1 saturated heterocycles. The summed E-state index contributed by atoms with van der Waals surface area (Å²) in [6.45, 7) is 0. The summed E-state index contributed by atoms with van der Waals surface area (Å²) in [4.78, 5) is 38.7. The molecule has 4 atom stereocenters. The van der Waals surface area contributed by atoms with Gasteiger partial charge >= 0.3 is 12.1 Å². The maximum absolute atomic E-state index is 14.8. The summed E-state index contributed by atoms with van der Waals surface area (Å²) in [5, 5.41) is 11.5. The number of piperidine rings is 1. The van der Waals surface area contributed by atoms with Gasteiger partial charge in [0.1, 0.15) is 17.7 Å². The van der Waals surface area contributed by atoms with Gasteiger partial charge in [0.25, 0.3) is 5.91 Å². The Labute approximate surface area is 225 Å². The van der Waals surface area contributed by atoms with Crippen molar-refractivity contribution in [1.82, 2.24) is 10.2 Å². The summed E-state index contributed by atoms with van der Waals surface area (Å²) in [5.74, 6) is -7.40. The number of halogens is 5. The minimum atomic E-state index is -5.10. The van der Waals surface area contributed by atoms with Crippen molar-refractivity contribution in [3.63, 3.8) is 0 Å². The molecule has 2 saturated carbocycles. The van der Waals surface area contributed by atoms with Crippen LogP contribution in [0.15, 0.2) is 41.3 Å². The van der Waals surface area contributed by atoms with E-state index < -0.39 is 74.4 Å². The second-order valence-corrected chi connectivity index (χ2v) is 12.4. The Morgan fingerprint density at radius 3 is 2.38 bits per heavy atom. The van der Waals surface area contributed by atoms with Crippen molar-refractivity contribution < 1.29 is 49.9 Å². The summed E-state index contributed by atoms with van der Waals surface area (Å²) >= 11 is 0. The van der Waals surface area contributed by atoms with Gasteiger partial charge in [0, 0.05) is 17.2 Å². The lowest BCUT2D eigenvalue weighted by molar-refractivity contribution is -0.140. The topological polar surface area (TPSA) is 121 Å². The molecule has 1 unspecified atom stereocenters. The van der Waals surface area contributed by atoms with Crippen LogP contribution in [-0.4, -0.2) is 54.0 Å². The van der Waals surface area contributed by atoms with Gasteiger partial charge in [0.2, 0.25) is 5.91 Å². The number of rotatable bonds is 8. The standard InChI is InChI=1S/C26H23F5N2O6S/c27-18-10-17(26(29,30)31)19(28)9-16(18)23(12-4-5-12)32-24(36)21-8-14-7-20(14)33(21)25(37)13-2-1-3-15(6-13)40(38,39)11-22(34)35/h1-3,6,9-10,12,14,20-21,23H,4-5,7-8,11H2,(H,32,36)(H,34,35)/t14?,20-,21-,23-/m1/s1. The van der Waals surface area contributed by atoms with Crippen molar-refractivity contribution in [2.45, 2.75) is 54.9 Å². The van der Waals surface area contributed by atoms with E-state index in [1.807, 2.05) is 0 Å². The Hall–Kier alpha value is -3.55. The predicted octanol–water partition coefficient (Wildman–Crippen LogP) is 3.71. The molecule has 5 rings (SSSR count). The highest BCUT2D eigenvalue weighted by Crippen LogP contribution is 2.49. The number of sulfone groups is 1. The third-order valence-electron chi connectivity index (χ3n) is 7.51. The summed E-state index contributed by atoms with van der Waals surface area (Å²) < 4.78 is 92.8. The van der Waals surface area contributed by atoms with Gasteiger partial charge in [-0.1, -0.05) is 6.07 Å². The van der Waals surface area contributed by atoms with Crippen LogP contribution in [0.5, 0.6) is 0 Å². The molecule has 214 valence electrons. The fourth-order valence-electron chi connectivity index (χ4n) is 5.35. The second-order valence-electron chi connectivity index (χ2n) is 10.4. The molecule has 0 bridgehead atoms. The van der Waals surface area contributed by atoms with Gasteiger partial charge < -0.3 is 15.3 Å². The van der Waals surface area contributed by atoms with Crippen LogP contribution in [0.1, 0.15) is 53.2 Å². The van der Waals surface area contributed by atoms with Crippen LogP contribution in [0.3, 0.4) is 0 Å². The van der Waals surface area contributed by atoms with Gasteiger partial charge in [-0.2, -0.15) is 13.2 Å². The molecule has 0 radical (unpaired) electrons. The molecular weight excluding hydrogens is 563 g/mol. The summed E-state index contributed by atoms with van der Waals surface area (Å²) in [6.07, 6.45) is -3.16. The molecular formula is C26H23F5N2O6S. The molecule has 2 aromatic carbocycles. The fourth-order valence-corrected chi connectivity index (χ4v) is 6.43. The van der Waals surface area contributed by atoms with Crippen LogP contribution >= 0.6 is 0 Å². The molecule has 40 heavy (non-hydrogen) atoms. The van der Waals surface area contributed by atoms with Crippen LogP contribution in [0.25, 0.3) is 0 Å². The van der Waals surface area contributed by atoms with E-state index in [0.29, 0.717) is 25.3 Å². The number of nitrogens with one attached hydrogen (secondary N) is 1. The van der Waals surface area contributed by atoms with Gasteiger partial charge in [-0.15, -0.1) is 0 Å². The molecule has 3 fully saturated rings. The van der Waals surface area contributed by atoms with Crippen molar-refractivity contribution in [2.75, 3.05) is 5.75 Å². The molecule has 0 aromatic heterocycles. The van der Waals surface area contributed by atoms with Crippen LogP contribution in [0, 0.1) is 23.5 Å². The molecule has 3 aliphatic rings. The zero-order chi connectivity index (χ0) is 29.1. The minimum absolute atomic E-state index is 0.00162. The summed E-state index contributed by atoms with van der Waals surface area (Å²) in [7, 11) is -4.23. The number of likely N-dealkylation sites (tertiary alicyclic amines) is 1. The number of hydrogen-bond donors (Lipinski definition) is 2. The Kier molecular flexibility index (Phi) is 6.87. The number of amides is 2. The Morgan fingerprint density at radius 2 is 1.75 bits per heavy atom. The van der Waals surface area contributed by atoms with E-state index in [2.05, 4.69) is 5.32 Å². The largest absolute Gasteiger partial charge is 0.480 e. The number of carboxylic acids is 1. The Balaban J connectivity index is 1.39. The Bertz CT molecular complexity index is 1510. The third kappa shape index (κ3) is 5.40. The first-order chi connectivity index (χ1) is 18.7. The van der Waals surface area contributed by atoms with Gasteiger partial charge in [0.15, 0.2) is 15.6 Å². The lowest BCUT2D eigenvalue weighted by Crippen LogP contribution is -2.49. The van der Waals surface area contributed by atoms with Crippen LogP contribution < -0.4 is 5.32 Å². The van der Waals surface area contributed by atoms with E-state index in [1.165, 1.54) is 17.0 Å². The van der Waals surface area contributed by atoms with Crippen molar-refractivity contribution in [2.24, 2.45) is 11.8 Å². The van der Waals surface area contributed by atoms with E-state index >= 15 is 0 Å². The number of carbonyl (C=O) groups excluding carboxylic acids is 2. The predicted molar refractivity (Wildman–Crippen MR) is 128 cm³/mol. The maximum atomic E-state index is 14.8. The van der Waals surface area contributed by atoms with Crippen LogP contribution in [-0.2, 0) is 25.6 Å². The van der Waals surface area contributed by atoms with Crippen LogP contribution in [0.2, 0.25) is 0 Å². The van der Waals surface area contributed by atoms with E-state index in [-0.39, 0.29) is 40.8 Å². The highest BCUT2D eigenvalue weighted by Gasteiger charge is 2.56. The highest BCUT2D eigenvalue weighted by atomic mass is 32.2. The van der Waals surface area contributed by atoms with E-state index in [0.717, 1.165) is 12.1 Å². The number of carbonyl (C=O) groups is 3. The lowest BCUT2D eigenvalue weighted by Gasteiger charge is -2.29. The first-order valence-corrected chi connectivity index (χ1v) is 14.1. The molecule has 2 aliphatic carbocycles. The molecule has 8 nitrogen and oxygen atoms in total. The van der Waals surface area contributed by atoms with Crippen molar-refractivity contribution >= 4 is 27.6 Å². The van der Waals surface area contributed by atoms with E-state index in [1.54, 1.807) is 0 Å². The van der Waals surface area contributed by atoms with Crippen molar-refractivity contribution in [3.8, 4) is 0 Å². The summed E-state index contributed by atoms with van der Waals surface area (Å²) in [6, 6.07) is 2.88. The first kappa shape index (κ1) is 28.0. The fraction of sp³-hybridized carbons (Fsp3) is 0.423. The van der Waals surface area contributed by atoms with Crippen LogP contribution in [0.4, 0.5) is 22.0 Å². The number of benzene rings is 2. The zero-order valence-corrected chi connectivity index (χ0v) is 21.4. The molecule has 2 N–H and O–H groups in total. The quantitative estimate of drug-likeness (QED) is 0.455. The van der Waals surface area contributed by atoms with Crippen molar-refractivity contribution in [3.05, 3.63) is 64.7 Å². The highest BCUT2D eigenvalue weighted by molar-refractivity contribution is 7.92. The number of aliphatic carboxylic acids is 1. The van der Waals surface area contributed by atoms with Gasteiger partial charge in [-0.25, -0.2) is 17.2 Å². The second kappa shape index (κ2) is 9.82. The molecule has 14 heteroatoms. The van der Waals surface area contributed by atoms with Gasteiger partial charge in [-0.05, 0) is 67.9 Å². The molecule has 2 amide bonds. The SMILES string of the molecule is O=C(O)CS(=O)(=O)c1cccc(C(=O)N2[C@@H](C(=O)N[C@@H](c3cc(F)c(C(F)(F)F)cc3F)C3CC3)CC3C[C@H]32)c1. The average Bonchev–Trinajstić information content (AvgIpc) is 3.80. The maximum Gasteiger partial charge on any atom is 0.419 e. The number of fused-ring (bicyclic) bond motifs is 1. The molecule has 0 spiro atoms. The summed E-state index contributed by atoms with van der Waals surface area (Å²) in [5.41, 5.74) is -2.25. The van der Waals surface area contributed by atoms with E-state index in [9.17, 15) is 44.8 Å². The minimum Gasteiger partial charge on any atom is -0.480 e. The van der Waals surface area contributed by atoms with E-state index in [4.69, 9.17) is 5.11 Å². The number of hydrogen-bond acceptors (Lipinski definition) is 5. The normalized spacial score (nSPS) is 22.9. The Morgan fingerprint density at radius 1 is 1.05 bits per heavy atom.